The van der Waals surface area contributed by atoms with Gasteiger partial charge >= 0.3 is 0 Å². The molecule has 0 fully saturated rings. The molecule has 0 heterocycles. The topological polar surface area (TPSA) is 17.1 Å². The van der Waals surface area contributed by atoms with Crippen LogP contribution in [0.25, 0.3) is 0 Å². The predicted molar refractivity (Wildman–Crippen MR) is 79.9 cm³/mol. The van der Waals surface area contributed by atoms with Crippen molar-refractivity contribution in [3.63, 3.8) is 0 Å². The number of benzene rings is 2. The van der Waals surface area contributed by atoms with E-state index in [0.29, 0.717) is 6.42 Å². The van der Waals surface area contributed by atoms with Crippen LogP contribution in [0.5, 0.6) is 0 Å². The summed E-state index contributed by atoms with van der Waals surface area (Å²) in [4.78, 5) is 13.1. The average Bonchev–Trinajstić information content (AvgIpc) is 2.40. The van der Waals surface area contributed by atoms with E-state index in [0.717, 1.165) is 10.5 Å². The van der Waals surface area contributed by atoms with E-state index in [9.17, 15) is 4.79 Å². The number of rotatable bonds is 4. The van der Waals surface area contributed by atoms with Crippen molar-refractivity contribution in [3.05, 3.63) is 73.2 Å². The summed E-state index contributed by atoms with van der Waals surface area (Å²) in [6.07, 6.45) is 0.396. The summed E-state index contributed by atoms with van der Waals surface area (Å²) < 4.78 is 0. The van der Waals surface area contributed by atoms with Crippen molar-refractivity contribution >= 4 is 16.9 Å². The maximum absolute atomic E-state index is 12.1. The smallest absolute Gasteiger partial charge is 0.191 e. The Morgan fingerprint density at radius 2 is 1.85 bits per heavy atom. The zero-order chi connectivity index (χ0) is 13.7. The van der Waals surface area contributed by atoms with Crippen LogP contribution < -0.4 is 0 Å². The molecule has 2 aromatic rings. The summed E-state index contributed by atoms with van der Waals surface area (Å²) >= 11 is 1.27. The van der Waals surface area contributed by atoms with E-state index < -0.39 is 5.41 Å². The summed E-state index contributed by atoms with van der Waals surface area (Å²) in [6, 6.07) is 20.5. The zero-order valence-electron chi connectivity index (χ0n) is 11.5. The van der Waals surface area contributed by atoms with E-state index in [1.165, 1.54) is 11.8 Å². The maximum Gasteiger partial charge on any atom is 0.191 e. The van der Waals surface area contributed by atoms with Crippen molar-refractivity contribution < 1.29 is 37.5 Å². The minimum atomic E-state index is -0.430. The second-order valence-corrected chi connectivity index (χ2v) is 5.93. The third kappa shape index (κ3) is 5.16. The number of carbonyl (C=O) groups excluding carboxylic acids is 1. The van der Waals surface area contributed by atoms with Gasteiger partial charge in [-0.3, -0.25) is 4.79 Å². The molecule has 0 saturated heterocycles. The zero-order valence-corrected chi connectivity index (χ0v) is 15.2. The third-order valence-electron chi connectivity index (χ3n) is 2.87. The predicted octanol–water partition coefficient (Wildman–Crippen LogP) is 4.29. The quantitative estimate of drug-likeness (QED) is 0.600. The molecule has 1 atom stereocenters. The normalized spacial score (nSPS) is 13.1. The first-order valence-corrected chi connectivity index (χ1v) is 6.98. The molecule has 3 heteroatoms. The van der Waals surface area contributed by atoms with Gasteiger partial charge in [-0.2, -0.15) is 41.3 Å². The van der Waals surface area contributed by atoms with Gasteiger partial charge in [0, 0.05) is 37.6 Å². The molecule has 1 radical (unpaired) electrons. The van der Waals surface area contributed by atoms with Gasteiger partial charge in [0.15, 0.2) is 5.12 Å². The molecular weight excluding hydrogens is 341 g/mol. The average molecular weight is 357 g/mol. The van der Waals surface area contributed by atoms with Crippen LogP contribution in [0.4, 0.5) is 0 Å². The standard InChI is InChI=1S/C17H16OS.Y/c1-17(2,14-9-5-3-6-10-14)13-16(18)19-15-11-7-4-8-12-15;/h3-9,11-12H,1,13H2,2H3;/q-2;/t17-;/m1./s1. The van der Waals surface area contributed by atoms with E-state index in [-0.39, 0.29) is 37.8 Å². The molecule has 2 aromatic carbocycles. The molecule has 1 nitrogen and oxygen atoms in total. The fraction of sp³-hybridized carbons (Fsp3) is 0.176. The van der Waals surface area contributed by atoms with Crippen molar-refractivity contribution in [3.8, 4) is 0 Å². The van der Waals surface area contributed by atoms with Crippen LogP contribution in [0.3, 0.4) is 0 Å². The Kier molecular flexibility index (Phi) is 7.15. The second-order valence-electron chi connectivity index (χ2n) is 4.80. The van der Waals surface area contributed by atoms with E-state index in [2.05, 4.69) is 13.0 Å². The molecule has 0 amide bonds. The second kappa shape index (κ2) is 8.12. The van der Waals surface area contributed by atoms with Gasteiger partial charge in [0.05, 0.1) is 0 Å². The van der Waals surface area contributed by atoms with Gasteiger partial charge in [0.1, 0.15) is 0 Å². The van der Waals surface area contributed by atoms with E-state index in [1.54, 1.807) is 0 Å². The largest absolute Gasteiger partial charge is 0.335 e. The molecule has 0 unspecified atom stereocenters. The molecule has 0 spiro atoms. The number of hydrogen-bond donors (Lipinski definition) is 0. The van der Waals surface area contributed by atoms with Gasteiger partial charge < -0.3 is 6.92 Å². The molecule has 0 aliphatic heterocycles. The first-order chi connectivity index (χ1) is 9.08. The Bertz CT molecular complexity index is 537. The molecule has 20 heavy (non-hydrogen) atoms. The monoisotopic (exact) mass is 357 g/mol. The first kappa shape index (κ1) is 17.6. The first-order valence-electron chi connectivity index (χ1n) is 6.16. The summed E-state index contributed by atoms with van der Waals surface area (Å²) in [6.45, 7) is 6.13. The molecule has 0 saturated carbocycles. The number of thioether (sulfide) groups is 1. The minimum absolute atomic E-state index is 0. The Hall–Kier alpha value is -0.436. The van der Waals surface area contributed by atoms with Gasteiger partial charge in [0.25, 0.3) is 0 Å². The van der Waals surface area contributed by atoms with Crippen LogP contribution >= 0.6 is 11.8 Å². The number of carbonyl (C=O) groups is 1. The fourth-order valence-corrected chi connectivity index (χ4v) is 2.79. The number of hydrogen-bond acceptors (Lipinski definition) is 2. The Balaban J connectivity index is 0.00000200. The van der Waals surface area contributed by atoms with Crippen molar-refractivity contribution in [1.82, 2.24) is 0 Å². The van der Waals surface area contributed by atoms with Gasteiger partial charge in [-0.1, -0.05) is 36.9 Å². The van der Waals surface area contributed by atoms with Crippen molar-refractivity contribution in [2.45, 2.75) is 23.7 Å². The molecule has 0 N–H and O–H groups in total. The molecule has 0 bridgehead atoms. The minimum Gasteiger partial charge on any atom is -0.335 e. The van der Waals surface area contributed by atoms with E-state index in [1.807, 2.05) is 61.5 Å². The van der Waals surface area contributed by atoms with Crippen LogP contribution in [0.15, 0.2) is 59.5 Å². The molecule has 0 aromatic heterocycles. The van der Waals surface area contributed by atoms with Gasteiger partial charge in [-0.05, 0) is 18.6 Å². The van der Waals surface area contributed by atoms with Crippen molar-refractivity contribution in [1.29, 1.82) is 0 Å². The van der Waals surface area contributed by atoms with E-state index >= 15 is 0 Å². The fourth-order valence-electron chi connectivity index (χ4n) is 1.84. The van der Waals surface area contributed by atoms with Gasteiger partial charge in [-0.15, -0.1) is 0 Å². The summed E-state index contributed by atoms with van der Waals surface area (Å²) in [5, 5.41) is 0.126. The van der Waals surface area contributed by atoms with Crippen LogP contribution in [0.2, 0.25) is 0 Å². The summed E-state index contributed by atoms with van der Waals surface area (Å²) in [5.41, 5.74) is 0.539. The van der Waals surface area contributed by atoms with Gasteiger partial charge in [-0.25, -0.2) is 0 Å². The molecule has 101 valence electrons. The SMILES string of the molecule is [CH2-][C@@](C)(CC(=O)Sc1ccccc1)c1[c-]cccc1.[Y]. The Labute approximate surface area is 150 Å². The Morgan fingerprint density at radius 1 is 1.20 bits per heavy atom. The van der Waals surface area contributed by atoms with E-state index in [4.69, 9.17) is 0 Å². The van der Waals surface area contributed by atoms with Crippen molar-refractivity contribution in [2.24, 2.45) is 0 Å². The molecule has 0 aliphatic carbocycles. The Morgan fingerprint density at radius 3 is 2.45 bits per heavy atom. The van der Waals surface area contributed by atoms with Gasteiger partial charge in [0.2, 0.25) is 0 Å². The van der Waals surface area contributed by atoms with Crippen LogP contribution in [0, 0.1) is 13.0 Å². The van der Waals surface area contributed by atoms with Crippen LogP contribution in [0.1, 0.15) is 18.9 Å². The van der Waals surface area contributed by atoms with Crippen LogP contribution in [-0.2, 0) is 42.9 Å². The molecule has 2 rings (SSSR count). The summed E-state index contributed by atoms with van der Waals surface area (Å²) in [7, 11) is 0. The summed E-state index contributed by atoms with van der Waals surface area (Å²) in [5.74, 6) is 0. The molecular formula is C17H16OSY-2. The maximum atomic E-state index is 12.1. The van der Waals surface area contributed by atoms with Crippen LogP contribution in [-0.4, -0.2) is 5.12 Å². The molecule has 0 aliphatic rings. The third-order valence-corrected chi connectivity index (χ3v) is 3.75. The van der Waals surface area contributed by atoms with Crippen molar-refractivity contribution in [2.75, 3.05) is 0 Å².